The van der Waals surface area contributed by atoms with Crippen molar-refractivity contribution in [1.29, 1.82) is 0 Å². The van der Waals surface area contributed by atoms with Gasteiger partial charge in [0.15, 0.2) is 0 Å². The van der Waals surface area contributed by atoms with E-state index in [2.05, 4.69) is 5.32 Å². The zero-order valence-corrected chi connectivity index (χ0v) is 17.0. The fourth-order valence-electron chi connectivity index (χ4n) is 3.96. The van der Waals surface area contributed by atoms with Crippen molar-refractivity contribution in [2.75, 3.05) is 16.8 Å². The van der Waals surface area contributed by atoms with Crippen LogP contribution in [0.2, 0.25) is 0 Å². The fourth-order valence-corrected chi connectivity index (χ4v) is 3.96. The van der Waals surface area contributed by atoms with Crippen molar-refractivity contribution in [3.63, 3.8) is 0 Å². The molecule has 1 aliphatic heterocycles. The van der Waals surface area contributed by atoms with Gasteiger partial charge in [0.05, 0.1) is 0 Å². The number of nitrogens with zero attached hydrogens (tertiary/aromatic N) is 3. The maximum absolute atomic E-state index is 13.1. The second-order valence-corrected chi connectivity index (χ2v) is 7.61. The lowest BCUT2D eigenvalue weighted by molar-refractivity contribution is -0.119. The molecule has 0 saturated carbocycles. The number of nitrogens with one attached hydrogen (secondary N) is 1. The number of imidazole rings is 1. The first-order valence-electron chi connectivity index (χ1n) is 10.4. The average Bonchev–Trinajstić information content (AvgIpc) is 3.18. The van der Waals surface area contributed by atoms with Crippen LogP contribution in [-0.2, 0) is 4.79 Å². The van der Waals surface area contributed by atoms with Crippen molar-refractivity contribution >= 4 is 29.0 Å². The highest BCUT2D eigenvalue weighted by atomic mass is 16.2. The van der Waals surface area contributed by atoms with Crippen molar-refractivity contribution < 1.29 is 9.59 Å². The summed E-state index contributed by atoms with van der Waals surface area (Å²) in [6, 6.07) is 22.7. The predicted molar refractivity (Wildman–Crippen MR) is 121 cm³/mol. The Morgan fingerprint density at radius 2 is 1.68 bits per heavy atom. The van der Waals surface area contributed by atoms with E-state index in [0.717, 1.165) is 42.0 Å². The summed E-state index contributed by atoms with van der Waals surface area (Å²) in [6.45, 7) is 0.729. The minimum Gasteiger partial charge on any atom is -0.312 e. The summed E-state index contributed by atoms with van der Waals surface area (Å²) in [5.74, 6) is 0.545. The molecule has 0 bridgehead atoms. The molecule has 2 aromatic heterocycles. The van der Waals surface area contributed by atoms with E-state index in [-0.39, 0.29) is 11.8 Å². The summed E-state index contributed by atoms with van der Waals surface area (Å²) in [4.78, 5) is 31.7. The Kier molecular flexibility index (Phi) is 4.96. The molecule has 4 aromatic rings. The van der Waals surface area contributed by atoms with Crippen LogP contribution in [0.1, 0.15) is 29.6 Å². The molecule has 0 unspecified atom stereocenters. The number of rotatable bonds is 4. The molecule has 2 amide bonds. The van der Waals surface area contributed by atoms with Crippen molar-refractivity contribution in [2.24, 2.45) is 0 Å². The Morgan fingerprint density at radius 1 is 0.903 bits per heavy atom. The third-order valence-corrected chi connectivity index (χ3v) is 5.57. The first kappa shape index (κ1) is 19.1. The molecule has 154 valence electrons. The molecule has 1 N–H and O–H groups in total. The normalized spacial score (nSPS) is 14.1. The molecule has 3 heterocycles. The van der Waals surface area contributed by atoms with E-state index >= 15 is 0 Å². The number of anilines is 2. The molecule has 0 spiro atoms. The summed E-state index contributed by atoms with van der Waals surface area (Å²) in [7, 11) is 0. The molecular weight excluding hydrogens is 388 g/mol. The van der Waals surface area contributed by atoms with Gasteiger partial charge in [-0.3, -0.25) is 14.0 Å². The number of carbonyl (C=O) groups is 2. The molecular formula is C25H22N4O2. The third-order valence-electron chi connectivity index (χ3n) is 5.57. The first-order chi connectivity index (χ1) is 15.2. The molecule has 0 aliphatic carbocycles. The minimum atomic E-state index is -0.223. The van der Waals surface area contributed by atoms with Gasteiger partial charge in [0, 0.05) is 36.0 Å². The van der Waals surface area contributed by atoms with Gasteiger partial charge in [0.25, 0.3) is 5.91 Å². The number of pyridine rings is 1. The Balaban J connectivity index is 1.45. The monoisotopic (exact) mass is 410 g/mol. The number of aromatic nitrogens is 2. The molecule has 2 aromatic carbocycles. The third kappa shape index (κ3) is 3.68. The zero-order chi connectivity index (χ0) is 21.2. The van der Waals surface area contributed by atoms with Gasteiger partial charge in [-0.15, -0.1) is 0 Å². The second kappa shape index (κ2) is 8.07. The summed E-state index contributed by atoms with van der Waals surface area (Å²) < 4.78 is 1.88. The van der Waals surface area contributed by atoms with Crippen LogP contribution in [-0.4, -0.2) is 27.7 Å². The summed E-state index contributed by atoms with van der Waals surface area (Å²) in [5.41, 5.74) is 3.77. The predicted octanol–water partition coefficient (Wildman–Crippen LogP) is 4.77. The molecule has 5 rings (SSSR count). The standard InChI is InChI=1S/C25H22N4O2/c30-22-11-5-7-16-28(22)20-14-12-19(13-15-20)25(31)27-24-23(18-8-2-1-3-9-18)26-21-10-4-6-17-29(21)24/h1-4,6,8-10,12-15,17H,5,7,11,16H2,(H,27,31). The Hall–Kier alpha value is -3.93. The summed E-state index contributed by atoms with van der Waals surface area (Å²) >= 11 is 0. The molecule has 6 nitrogen and oxygen atoms in total. The van der Waals surface area contributed by atoms with Crippen LogP contribution >= 0.6 is 0 Å². The lowest BCUT2D eigenvalue weighted by Crippen LogP contribution is -2.35. The van der Waals surface area contributed by atoms with Crippen LogP contribution < -0.4 is 10.2 Å². The van der Waals surface area contributed by atoms with Gasteiger partial charge in [0.2, 0.25) is 5.91 Å². The first-order valence-corrected chi connectivity index (χ1v) is 10.4. The highest BCUT2D eigenvalue weighted by Crippen LogP contribution is 2.29. The van der Waals surface area contributed by atoms with Gasteiger partial charge < -0.3 is 10.2 Å². The Bertz CT molecular complexity index is 1250. The van der Waals surface area contributed by atoms with Crippen molar-refractivity contribution in [2.45, 2.75) is 19.3 Å². The van der Waals surface area contributed by atoms with E-state index in [9.17, 15) is 9.59 Å². The zero-order valence-electron chi connectivity index (χ0n) is 17.0. The quantitative estimate of drug-likeness (QED) is 0.527. The van der Waals surface area contributed by atoms with Gasteiger partial charge >= 0.3 is 0 Å². The van der Waals surface area contributed by atoms with Crippen LogP contribution in [0.25, 0.3) is 16.9 Å². The summed E-state index contributed by atoms with van der Waals surface area (Å²) in [6.07, 6.45) is 4.41. The summed E-state index contributed by atoms with van der Waals surface area (Å²) in [5, 5.41) is 3.04. The molecule has 0 radical (unpaired) electrons. The molecule has 31 heavy (non-hydrogen) atoms. The highest BCUT2D eigenvalue weighted by Gasteiger charge is 2.21. The number of hydrogen-bond donors (Lipinski definition) is 1. The van der Waals surface area contributed by atoms with E-state index in [1.54, 1.807) is 17.0 Å². The Morgan fingerprint density at radius 3 is 2.45 bits per heavy atom. The number of piperidine rings is 1. The molecule has 1 fully saturated rings. The topological polar surface area (TPSA) is 66.7 Å². The number of hydrogen-bond acceptors (Lipinski definition) is 3. The number of amides is 2. The van der Waals surface area contributed by atoms with E-state index in [1.165, 1.54) is 0 Å². The molecule has 1 saturated heterocycles. The van der Waals surface area contributed by atoms with Gasteiger partial charge in [-0.25, -0.2) is 4.98 Å². The largest absolute Gasteiger partial charge is 0.312 e. The SMILES string of the molecule is O=C(Nc1c(-c2ccccc2)nc2ccccn12)c1ccc(N2CCCCC2=O)cc1. The second-order valence-electron chi connectivity index (χ2n) is 7.61. The number of carbonyl (C=O) groups excluding carboxylic acids is 2. The van der Waals surface area contributed by atoms with Gasteiger partial charge in [-0.2, -0.15) is 0 Å². The maximum Gasteiger partial charge on any atom is 0.256 e. The van der Waals surface area contributed by atoms with Crippen molar-refractivity contribution in [3.05, 3.63) is 84.6 Å². The number of benzene rings is 2. The van der Waals surface area contributed by atoms with Crippen molar-refractivity contribution in [3.8, 4) is 11.3 Å². The van der Waals surface area contributed by atoms with Gasteiger partial charge in [-0.05, 0) is 49.2 Å². The smallest absolute Gasteiger partial charge is 0.256 e. The highest BCUT2D eigenvalue weighted by molar-refractivity contribution is 6.06. The van der Waals surface area contributed by atoms with E-state index < -0.39 is 0 Å². The maximum atomic E-state index is 13.1. The van der Waals surface area contributed by atoms with Crippen LogP contribution in [0, 0.1) is 0 Å². The average molecular weight is 410 g/mol. The Labute approximate surface area is 180 Å². The van der Waals surface area contributed by atoms with Crippen LogP contribution in [0.5, 0.6) is 0 Å². The molecule has 0 atom stereocenters. The number of fused-ring (bicyclic) bond motifs is 1. The van der Waals surface area contributed by atoms with E-state index in [0.29, 0.717) is 17.8 Å². The van der Waals surface area contributed by atoms with E-state index in [4.69, 9.17) is 4.98 Å². The molecule has 1 aliphatic rings. The van der Waals surface area contributed by atoms with Gasteiger partial charge in [-0.1, -0.05) is 36.4 Å². The van der Waals surface area contributed by atoms with Crippen LogP contribution in [0.3, 0.4) is 0 Å². The minimum absolute atomic E-state index is 0.140. The van der Waals surface area contributed by atoms with Gasteiger partial charge in [0.1, 0.15) is 17.2 Å². The lowest BCUT2D eigenvalue weighted by atomic mass is 10.1. The fraction of sp³-hybridized carbons (Fsp3) is 0.160. The molecule has 6 heteroatoms. The van der Waals surface area contributed by atoms with Crippen LogP contribution in [0.15, 0.2) is 79.0 Å². The van der Waals surface area contributed by atoms with Crippen LogP contribution in [0.4, 0.5) is 11.5 Å². The lowest BCUT2D eigenvalue weighted by Gasteiger charge is -2.26. The van der Waals surface area contributed by atoms with Crippen molar-refractivity contribution in [1.82, 2.24) is 9.38 Å². The van der Waals surface area contributed by atoms with E-state index in [1.807, 2.05) is 71.3 Å².